The quantitative estimate of drug-likeness (QED) is 0.167. The molecule has 3 heterocycles. The second-order valence-electron chi connectivity index (χ2n) is 16.5. The first-order valence-corrected chi connectivity index (χ1v) is 23.0. The lowest BCUT2D eigenvalue weighted by Gasteiger charge is -2.14. The van der Waals surface area contributed by atoms with Crippen molar-refractivity contribution in [1.29, 1.82) is 0 Å². The molecule has 294 valence electrons. The predicted octanol–water partition coefficient (Wildman–Crippen LogP) is 16.8. The van der Waals surface area contributed by atoms with E-state index in [2.05, 4.69) is 200 Å². The Kier molecular flexibility index (Phi) is 8.36. The largest absolute Gasteiger partial charge is 0.228 e. The number of hydrogen-bond donors (Lipinski definition) is 0. The van der Waals surface area contributed by atoms with Crippen molar-refractivity contribution in [3.63, 3.8) is 0 Å². The average molecular weight is 837 g/mol. The molecule has 1 aliphatic rings. The van der Waals surface area contributed by atoms with Crippen LogP contribution in [0.5, 0.6) is 0 Å². The fourth-order valence-corrected chi connectivity index (χ4v) is 11.7. The molecule has 1 aliphatic carbocycles. The second kappa shape index (κ2) is 14.6. The molecule has 3 aromatic heterocycles. The summed E-state index contributed by atoms with van der Waals surface area (Å²) in [6.45, 7) is 0. The summed E-state index contributed by atoms with van der Waals surface area (Å²) in [6, 6.07) is 75.4. The predicted molar refractivity (Wildman–Crippen MR) is 269 cm³/mol. The molecule has 0 spiro atoms. The van der Waals surface area contributed by atoms with E-state index in [4.69, 9.17) is 9.97 Å². The van der Waals surface area contributed by atoms with Gasteiger partial charge in [0.25, 0.3) is 0 Å². The lowest BCUT2D eigenvalue weighted by Crippen LogP contribution is -1.96. The third-order valence-electron chi connectivity index (χ3n) is 12.7. The third kappa shape index (κ3) is 6.29. The first kappa shape index (κ1) is 36.2. The van der Waals surface area contributed by atoms with E-state index in [-0.39, 0.29) is 0 Å². The summed E-state index contributed by atoms with van der Waals surface area (Å²) in [5, 5.41) is 5.17. The molecule has 0 unspecified atom stereocenters. The van der Waals surface area contributed by atoms with E-state index >= 15 is 0 Å². The molecule has 0 amide bonds. The van der Waals surface area contributed by atoms with Crippen molar-refractivity contribution in [3.05, 3.63) is 217 Å². The van der Waals surface area contributed by atoms with E-state index in [1.54, 1.807) is 0 Å². The lowest BCUT2D eigenvalue weighted by molar-refractivity contribution is 1.18. The van der Waals surface area contributed by atoms with Gasteiger partial charge in [0.15, 0.2) is 5.82 Å². The summed E-state index contributed by atoms with van der Waals surface area (Å²) < 4.78 is 5.21. The van der Waals surface area contributed by atoms with Crippen LogP contribution in [-0.2, 0) is 6.42 Å². The number of benzene rings is 9. The topological polar surface area (TPSA) is 25.8 Å². The molecule has 0 saturated carbocycles. The zero-order valence-corrected chi connectivity index (χ0v) is 35.7. The highest BCUT2D eigenvalue weighted by atomic mass is 32.1. The van der Waals surface area contributed by atoms with Gasteiger partial charge >= 0.3 is 0 Å². The Labute approximate surface area is 373 Å². The maximum atomic E-state index is 5.34. The van der Waals surface area contributed by atoms with Gasteiger partial charge in [-0.15, -0.1) is 22.7 Å². The molecule has 9 aromatic carbocycles. The van der Waals surface area contributed by atoms with Crippen LogP contribution >= 0.6 is 22.7 Å². The van der Waals surface area contributed by atoms with Crippen molar-refractivity contribution in [2.45, 2.75) is 6.42 Å². The first-order valence-electron chi connectivity index (χ1n) is 21.4. The first-order chi connectivity index (χ1) is 31.1. The number of fused-ring (bicyclic) bond motifs is 9. The summed E-state index contributed by atoms with van der Waals surface area (Å²) in [5.41, 5.74) is 17.4. The van der Waals surface area contributed by atoms with Crippen molar-refractivity contribution in [3.8, 4) is 78.4 Å². The van der Waals surface area contributed by atoms with Gasteiger partial charge in [0.05, 0.1) is 11.4 Å². The Hall–Kier alpha value is -7.50. The maximum absolute atomic E-state index is 5.34. The minimum atomic E-state index is 0.703. The summed E-state index contributed by atoms with van der Waals surface area (Å²) in [7, 11) is 0. The summed E-state index contributed by atoms with van der Waals surface area (Å²) in [4.78, 5) is 10.6. The van der Waals surface area contributed by atoms with Gasteiger partial charge in [0.1, 0.15) is 0 Å². The van der Waals surface area contributed by atoms with Crippen LogP contribution in [-0.4, -0.2) is 9.97 Å². The van der Waals surface area contributed by atoms with Crippen molar-refractivity contribution in [2.24, 2.45) is 0 Å². The zero-order valence-electron chi connectivity index (χ0n) is 34.0. The standard InChI is InChI=1S/C59H36N2S2/c1-2-10-38(11-3-1)59-60-53(37-20-18-36(19-21-37)39-22-23-43-28-42-12-4-5-13-47(42)50(43)32-39)35-54(61-59)46-30-44(40-24-26-57-51(33-40)48-14-6-8-16-55(48)62-57)29-45(31-46)41-25-27-58-52(34-41)49-15-7-9-17-56(49)63-58/h1-27,29-35H,28H2. The van der Waals surface area contributed by atoms with E-state index in [1.165, 1.54) is 84.9 Å². The monoisotopic (exact) mass is 836 g/mol. The van der Waals surface area contributed by atoms with Gasteiger partial charge in [0, 0.05) is 57.0 Å². The van der Waals surface area contributed by atoms with Crippen molar-refractivity contribution in [1.82, 2.24) is 9.97 Å². The van der Waals surface area contributed by atoms with Crippen LogP contribution in [0.1, 0.15) is 11.1 Å². The highest BCUT2D eigenvalue weighted by Crippen LogP contribution is 2.42. The number of hydrogen-bond acceptors (Lipinski definition) is 4. The van der Waals surface area contributed by atoms with E-state index < -0.39 is 0 Å². The Morgan fingerprint density at radius 1 is 0.286 bits per heavy atom. The lowest BCUT2D eigenvalue weighted by atomic mass is 9.93. The van der Waals surface area contributed by atoms with Crippen LogP contribution in [0, 0.1) is 0 Å². The fraction of sp³-hybridized carbons (Fsp3) is 0.0169. The molecule has 0 radical (unpaired) electrons. The van der Waals surface area contributed by atoms with E-state index in [1.807, 2.05) is 28.7 Å². The molecular weight excluding hydrogens is 801 g/mol. The van der Waals surface area contributed by atoms with Crippen LogP contribution < -0.4 is 0 Å². The van der Waals surface area contributed by atoms with Crippen molar-refractivity contribution < 1.29 is 0 Å². The Morgan fingerprint density at radius 2 is 0.778 bits per heavy atom. The Bertz CT molecular complexity index is 3630. The van der Waals surface area contributed by atoms with E-state index in [9.17, 15) is 0 Å². The number of aromatic nitrogens is 2. The summed E-state index contributed by atoms with van der Waals surface area (Å²) in [5.74, 6) is 0.703. The summed E-state index contributed by atoms with van der Waals surface area (Å²) in [6.07, 6.45) is 0.997. The SMILES string of the molecule is c1ccc(-c2nc(-c3ccc(-c4ccc5c(c4)-c4ccccc4C5)cc3)cc(-c3cc(-c4ccc5sc6ccccc6c5c4)cc(-c4ccc5sc6ccccc6c5c4)c3)n2)cc1. The third-order valence-corrected chi connectivity index (χ3v) is 15.0. The fourth-order valence-electron chi connectivity index (χ4n) is 9.52. The normalized spacial score (nSPS) is 12.1. The van der Waals surface area contributed by atoms with Crippen LogP contribution in [0.2, 0.25) is 0 Å². The molecule has 13 rings (SSSR count). The smallest absolute Gasteiger partial charge is 0.160 e. The van der Waals surface area contributed by atoms with Crippen LogP contribution in [0.3, 0.4) is 0 Å². The molecule has 0 aliphatic heterocycles. The maximum Gasteiger partial charge on any atom is 0.160 e. The minimum Gasteiger partial charge on any atom is -0.228 e. The number of thiophene rings is 2. The second-order valence-corrected chi connectivity index (χ2v) is 18.7. The summed E-state index contributed by atoms with van der Waals surface area (Å²) >= 11 is 3.71. The van der Waals surface area contributed by atoms with E-state index in [0.717, 1.165) is 45.6 Å². The van der Waals surface area contributed by atoms with Crippen LogP contribution in [0.15, 0.2) is 206 Å². The van der Waals surface area contributed by atoms with Crippen molar-refractivity contribution >= 4 is 63.0 Å². The van der Waals surface area contributed by atoms with Crippen LogP contribution in [0.4, 0.5) is 0 Å². The highest BCUT2D eigenvalue weighted by Gasteiger charge is 2.19. The van der Waals surface area contributed by atoms with Crippen LogP contribution in [0.25, 0.3) is 119 Å². The molecule has 2 nitrogen and oxygen atoms in total. The number of rotatable bonds is 6. The Morgan fingerprint density at radius 3 is 1.46 bits per heavy atom. The van der Waals surface area contributed by atoms with Gasteiger partial charge in [-0.25, -0.2) is 9.97 Å². The molecule has 63 heavy (non-hydrogen) atoms. The molecule has 0 fully saturated rings. The number of nitrogens with zero attached hydrogens (tertiary/aromatic N) is 2. The van der Waals surface area contributed by atoms with Gasteiger partial charge < -0.3 is 0 Å². The van der Waals surface area contributed by atoms with Gasteiger partial charge in [-0.2, -0.15) is 0 Å². The van der Waals surface area contributed by atoms with Gasteiger partial charge in [0.2, 0.25) is 0 Å². The molecule has 0 N–H and O–H groups in total. The minimum absolute atomic E-state index is 0.703. The molecule has 0 saturated heterocycles. The zero-order chi connectivity index (χ0) is 41.4. The molecule has 12 aromatic rings. The average Bonchev–Trinajstić information content (AvgIpc) is 4.04. The van der Waals surface area contributed by atoms with Crippen molar-refractivity contribution in [2.75, 3.05) is 0 Å². The molecular formula is C59H36N2S2. The molecule has 0 atom stereocenters. The molecule has 0 bridgehead atoms. The van der Waals surface area contributed by atoms with E-state index in [0.29, 0.717) is 5.82 Å². The van der Waals surface area contributed by atoms with Gasteiger partial charge in [-0.05, 0) is 129 Å². The Balaban J connectivity index is 0.966. The van der Waals surface area contributed by atoms with Gasteiger partial charge in [-0.1, -0.05) is 140 Å². The molecule has 4 heteroatoms. The van der Waals surface area contributed by atoms with Gasteiger partial charge in [-0.3, -0.25) is 0 Å². The highest BCUT2D eigenvalue weighted by molar-refractivity contribution is 7.26.